The fourth-order valence-corrected chi connectivity index (χ4v) is 2.95. The summed E-state index contributed by atoms with van der Waals surface area (Å²) >= 11 is 0. The first-order valence-corrected chi connectivity index (χ1v) is 8.98. The number of hydrogen-bond acceptors (Lipinski definition) is 12. The van der Waals surface area contributed by atoms with Crippen LogP contribution in [0.3, 0.4) is 0 Å². The van der Waals surface area contributed by atoms with Gasteiger partial charge in [-0.05, 0) is 0 Å². The lowest BCUT2D eigenvalue weighted by atomic mass is 9.97. The number of carbonyl (C=O) groups excluding carboxylic acids is 4. The Hall–Kier alpha value is -3.55. The molecule has 1 fully saturated rings. The predicted molar refractivity (Wildman–Crippen MR) is 96.3 cm³/mol. The van der Waals surface area contributed by atoms with Crippen LogP contribution in [0.2, 0.25) is 0 Å². The topological polar surface area (TPSA) is 182 Å². The number of carbonyl (C=O) groups is 4. The van der Waals surface area contributed by atoms with Crippen LogP contribution in [0.25, 0.3) is 0 Å². The molecule has 2 heterocycles. The minimum Gasteiger partial charge on any atom is -0.463 e. The Morgan fingerprint density at radius 2 is 1.48 bits per heavy atom. The van der Waals surface area contributed by atoms with Crippen molar-refractivity contribution >= 4 is 23.9 Å². The first-order valence-electron chi connectivity index (χ1n) is 8.98. The number of nitrogens with one attached hydrogen (secondary N) is 1. The smallest absolute Gasteiger partial charge is 0.347 e. The maximum atomic E-state index is 12.3. The number of rotatable bonds is 6. The number of aromatic amines is 1. The molecule has 5 unspecified atom stereocenters. The molecular formula is C17H21N3O11. The fourth-order valence-electron chi connectivity index (χ4n) is 2.95. The van der Waals surface area contributed by atoms with Gasteiger partial charge in [0, 0.05) is 27.7 Å². The number of nitrogens with zero attached hydrogens (tertiary/aromatic N) is 2. The van der Waals surface area contributed by atoms with Crippen molar-refractivity contribution < 1.29 is 42.9 Å². The molecule has 2 rings (SSSR count). The van der Waals surface area contributed by atoms with Crippen molar-refractivity contribution in [3.63, 3.8) is 0 Å². The number of H-pyrrole nitrogens is 1. The second kappa shape index (κ2) is 9.97. The molecule has 170 valence electrons. The van der Waals surface area contributed by atoms with Crippen LogP contribution in [-0.4, -0.2) is 69.7 Å². The molecule has 1 N–H and O–H groups in total. The van der Waals surface area contributed by atoms with E-state index in [0.29, 0.717) is 4.68 Å². The molecule has 14 nitrogen and oxygen atoms in total. The van der Waals surface area contributed by atoms with E-state index in [2.05, 4.69) is 5.10 Å². The highest BCUT2D eigenvalue weighted by Crippen LogP contribution is 2.33. The number of hydrogen-bond donors (Lipinski definition) is 1. The van der Waals surface area contributed by atoms with E-state index in [1.165, 1.54) is 0 Å². The lowest BCUT2D eigenvalue weighted by molar-refractivity contribution is -0.271. The minimum absolute atomic E-state index is 0.466. The summed E-state index contributed by atoms with van der Waals surface area (Å²) in [5, 5.41) is 3.68. The van der Waals surface area contributed by atoms with Crippen LogP contribution in [0.15, 0.2) is 15.8 Å². The number of esters is 4. The summed E-state index contributed by atoms with van der Waals surface area (Å²) < 4.78 is 27.0. The Morgan fingerprint density at radius 3 is 2.00 bits per heavy atom. The number of ether oxygens (including phenoxy) is 5. The molecule has 0 saturated carbocycles. The molecule has 0 aliphatic carbocycles. The van der Waals surface area contributed by atoms with Gasteiger partial charge in [0.1, 0.15) is 18.9 Å². The summed E-state index contributed by atoms with van der Waals surface area (Å²) in [5.74, 6) is -3.15. The van der Waals surface area contributed by atoms with E-state index < -0.39 is 72.4 Å². The molecular weight excluding hydrogens is 422 g/mol. The van der Waals surface area contributed by atoms with Gasteiger partial charge in [-0.2, -0.15) is 9.78 Å². The monoisotopic (exact) mass is 443 g/mol. The van der Waals surface area contributed by atoms with Crippen LogP contribution in [-0.2, 0) is 42.9 Å². The van der Waals surface area contributed by atoms with Gasteiger partial charge in [0.05, 0.1) is 0 Å². The average molecular weight is 443 g/mol. The van der Waals surface area contributed by atoms with Crippen molar-refractivity contribution in [3.8, 4) is 0 Å². The maximum absolute atomic E-state index is 12.3. The second-order valence-corrected chi connectivity index (χ2v) is 6.47. The summed E-state index contributed by atoms with van der Waals surface area (Å²) in [6.45, 7) is 3.85. The lowest BCUT2D eigenvalue weighted by Crippen LogP contribution is -2.62. The van der Waals surface area contributed by atoms with Gasteiger partial charge in [0.15, 0.2) is 24.5 Å². The zero-order valence-electron chi connectivity index (χ0n) is 17.1. The Labute approximate surface area is 174 Å². The van der Waals surface area contributed by atoms with E-state index in [1.54, 1.807) is 0 Å². The predicted octanol–water partition coefficient (Wildman–Crippen LogP) is -1.81. The molecule has 5 atom stereocenters. The normalized spacial score (nSPS) is 25.2. The quantitative estimate of drug-likeness (QED) is 0.385. The molecule has 0 bridgehead atoms. The first kappa shape index (κ1) is 23.7. The lowest BCUT2D eigenvalue weighted by Gasteiger charge is -2.44. The van der Waals surface area contributed by atoms with Crippen molar-refractivity contribution in [2.24, 2.45) is 0 Å². The second-order valence-electron chi connectivity index (χ2n) is 6.47. The molecule has 0 radical (unpaired) electrons. The zero-order valence-corrected chi connectivity index (χ0v) is 17.1. The van der Waals surface area contributed by atoms with Gasteiger partial charge in [-0.3, -0.25) is 29.0 Å². The molecule has 1 aliphatic rings. The summed E-state index contributed by atoms with van der Waals surface area (Å²) in [7, 11) is 0. The van der Waals surface area contributed by atoms with Crippen LogP contribution in [0.1, 0.15) is 33.9 Å². The van der Waals surface area contributed by atoms with Crippen molar-refractivity contribution in [3.05, 3.63) is 27.0 Å². The van der Waals surface area contributed by atoms with Gasteiger partial charge in [-0.25, -0.2) is 4.79 Å². The zero-order chi connectivity index (χ0) is 23.3. The van der Waals surface area contributed by atoms with Gasteiger partial charge in [-0.1, -0.05) is 0 Å². The third kappa shape index (κ3) is 6.21. The standard InChI is InChI=1S/C17H21N3O11/c1-7(21)27-6-11-13(28-8(2)22)14(29-9(3)23)15(30-10(4)24)16(31-11)20-17(26)19-12(25)5-18-20/h5,11,13-16H,6H2,1-4H3,(H,19,25,26). The third-order valence-electron chi connectivity index (χ3n) is 3.94. The van der Waals surface area contributed by atoms with Crippen molar-refractivity contribution in [1.82, 2.24) is 14.8 Å². The highest BCUT2D eigenvalue weighted by molar-refractivity contribution is 5.68. The molecule has 1 aromatic heterocycles. The molecule has 14 heteroatoms. The minimum atomic E-state index is -1.54. The molecule has 0 aromatic carbocycles. The van der Waals surface area contributed by atoms with Gasteiger partial charge >= 0.3 is 29.6 Å². The van der Waals surface area contributed by atoms with Gasteiger partial charge in [0.25, 0.3) is 5.56 Å². The van der Waals surface area contributed by atoms with E-state index in [1.807, 2.05) is 4.98 Å². The van der Waals surface area contributed by atoms with Gasteiger partial charge < -0.3 is 23.7 Å². The highest BCUT2D eigenvalue weighted by Gasteiger charge is 2.53. The largest absolute Gasteiger partial charge is 0.463 e. The van der Waals surface area contributed by atoms with Crippen LogP contribution in [0.4, 0.5) is 0 Å². The molecule has 1 aromatic rings. The van der Waals surface area contributed by atoms with E-state index in [0.717, 1.165) is 33.9 Å². The molecule has 0 amide bonds. The molecule has 31 heavy (non-hydrogen) atoms. The molecule has 1 aliphatic heterocycles. The Kier molecular flexibility index (Phi) is 7.63. The van der Waals surface area contributed by atoms with Crippen molar-refractivity contribution in [1.29, 1.82) is 0 Å². The summed E-state index contributed by atoms with van der Waals surface area (Å²) in [5.41, 5.74) is -1.82. The van der Waals surface area contributed by atoms with Crippen LogP contribution in [0, 0.1) is 0 Å². The van der Waals surface area contributed by atoms with E-state index in [9.17, 15) is 28.8 Å². The van der Waals surface area contributed by atoms with Crippen LogP contribution in [0.5, 0.6) is 0 Å². The average Bonchev–Trinajstić information content (AvgIpc) is 2.63. The Balaban J connectivity index is 2.60. The summed E-state index contributed by atoms with van der Waals surface area (Å²) in [6, 6.07) is 0. The fraction of sp³-hybridized carbons (Fsp3) is 0.588. The van der Waals surface area contributed by atoms with Crippen molar-refractivity contribution in [2.75, 3.05) is 6.61 Å². The SMILES string of the molecule is CC(=O)OCC1OC(n2ncc(=O)[nH]c2=O)C(OC(C)=O)C(OC(C)=O)C1OC(C)=O. The van der Waals surface area contributed by atoms with Crippen molar-refractivity contribution in [2.45, 2.75) is 58.3 Å². The summed E-state index contributed by atoms with van der Waals surface area (Å²) in [6.07, 6.45) is -6.38. The van der Waals surface area contributed by atoms with Crippen LogP contribution >= 0.6 is 0 Å². The van der Waals surface area contributed by atoms with E-state index >= 15 is 0 Å². The molecule has 0 spiro atoms. The van der Waals surface area contributed by atoms with Gasteiger partial charge in [0.2, 0.25) is 0 Å². The van der Waals surface area contributed by atoms with E-state index in [-0.39, 0.29) is 0 Å². The summed E-state index contributed by atoms with van der Waals surface area (Å²) in [4.78, 5) is 72.0. The maximum Gasteiger partial charge on any atom is 0.347 e. The van der Waals surface area contributed by atoms with E-state index in [4.69, 9.17) is 23.7 Å². The highest BCUT2D eigenvalue weighted by atomic mass is 16.7. The Bertz CT molecular complexity index is 969. The molecule has 1 saturated heterocycles. The first-order chi connectivity index (χ1) is 14.5. The third-order valence-corrected chi connectivity index (χ3v) is 3.94. The van der Waals surface area contributed by atoms with Gasteiger partial charge in [-0.15, -0.1) is 0 Å². The van der Waals surface area contributed by atoms with Crippen LogP contribution < -0.4 is 11.2 Å². The Morgan fingerprint density at radius 1 is 0.935 bits per heavy atom. The number of aromatic nitrogens is 3.